The number of phosphoric acid groups is 1. The lowest BCUT2D eigenvalue weighted by Crippen LogP contribution is -2.69. The molecule has 4 aliphatic carbocycles. The zero-order valence-electron chi connectivity index (χ0n) is 34.9. The van der Waals surface area contributed by atoms with Crippen molar-refractivity contribution < 1.29 is 47.3 Å². The van der Waals surface area contributed by atoms with Gasteiger partial charge in [0.1, 0.15) is 45.8 Å². The number of hydrogen-bond acceptors (Lipinski definition) is 11. The van der Waals surface area contributed by atoms with Crippen molar-refractivity contribution >= 4 is 7.82 Å². The molecule has 0 amide bonds. The molecule has 1 N–H and O–H groups in total. The average molecular weight is 820 g/mol. The van der Waals surface area contributed by atoms with Crippen LogP contribution in [0, 0.1) is 47.3 Å². The molecule has 6 saturated heterocycles. The van der Waals surface area contributed by atoms with Crippen LogP contribution in [0.5, 0.6) is 11.5 Å². The summed E-state index contributed by atoms with van der Waals surface area (Å²) < 4.78 is 48.0. The fraction of sp³-hybridized carbons (Fsp3) is 0.696. The molecule has 10 fully saturated rings. The first-order chi connectivity index (χ1) is 27.8. The highest BCUT2D eigenvalue weighted by Gasteiger charge is 2.70. The summed E-state index contributed by atoms with van der Waals surface area (Å²) in [4.78, 5) is 25.9. The summed E-state index contributed by atoms with van der Waals surface area (Å²) in [7, 11) is -4.34. The Bertz CT molecular complexity index is 1870. The van der Waals surface area contributed by atoms with Gasteiger partial charge in [0.15, 0.2) is 0 Å². The van der Waals surface area contributed by atoms with Crippen LogP contribution in [0.4, 0.5) is 0 Å². The number of phosphoric ester groups is 1. The van der Waals surface area contributed by atoms with Crippen LogP contribution in [-0.2, 0) is 38.2 Å². The summed E-state index contributed by atoms with van der Waals surface area (Å²) in [5.41, 5.74) is 2.04. The van der Waals surface area contributed by atoms with Crippen molar-refractivity contribution in [2.75, 3.05) is 0 Å². The number of benzene rings is 2. The van der Waals surface area contributed by atoms with Gasteiger partial charge in [-0.25, -0.2) is 24.1 Å². The third-order valence-electron chi connectivity index (χ3n) is 16.3. The number of rotatable bonds is 9. The van der Waals surface area contributed by atoms with Crippen molar-refractivity contribution in [2.45, 2.75) is 153 Å². The Kier molecular flexibility index (Phi) is 9.87. The molecule has 0 aromatic heterocycles. The molecule has 4 bridgehead atoms. The standard InChI is InChI=1S/C46H62NO10P/c1-28-17-19-36-30(3)39(49-40-26-43(5)23-21-34(28)45(36,40)55-53-43)25-38(47-57-58(48,51-32-13-9-7-10-14-32)52-33-15-11-8-12-16-33)42-31(4)37-20-18-29(2)35-22-24-44(6)27-41(50-42)46(35,37)56-54-44/h7-16,28-31,34-37,39-41,47H,17-27H2,1-6H3/b42-38+/t28-,29-,30-,31-,34+,35+,36+,37+,39-,40-,41-,43+,44+,45-,46-/m1/s1. The van der Waals surface area contributed by atoms with E-state index >= 15 is 0 Å². The van der Waals surface area contributed by atoms with E-state index in [1.54, 1.807) is 24.3 Å². The molecular formula is C46H62NO10P. The molecular weight excluding hydrogens is 757 g/mol. The van der Waals surface area contributed by atoms with E-state index in [1.165, 1.54) is 0 Å². The largest absolute Gasteiger partial charge is 0.609 e. The van der Waals surface area contributed by atoms with Crippen molar-refractivity contribution in [3.05, 3.63) is 72.1 Å². The van der Waals surface area contributed by atoms with Gasteiger partial charge in [-0.2, -0.15) is 0 Å². The highest BCUT2D eigenvalue weighted by atomic mass is 31.2. The van der Waals surface area contributed by atoms with Crippen LogP contribution < -0.4 is 14.5 Å². The molecule has 58 heavy (non-hydrogen) atoms. The summed E-state index contributed by atoms with van der Waals surface area (Å²) >= 11 is 0. The Balaban J connectivity index is 1.03. The van der Waals surface area contributed by atoms with Crippen LogP contribution in [0.1, 0.15) is 112 Å². The molecule has 12 rings (SSSR count). The van der Waals surface area contributed by atoms with E-state index in [9.17, 15) is 4.57 Å². The SMILES string of the molecule is C[C@H]1[C@@H](C/C(NOP(=O)(Oc2ccccc2)Oc2ccccc2)=C2\O[C@@H]3C[C@]4(C)CC[C@H]5[C@H](C)CC[C@@H]([C@H]2C)[C@@]35OO4)O[C@@H]2C[C@]3(C)CC[C@H]4[C@H](C)CC[C@@H]1[C@@]24OO3. The van der Waals surface area contributed by atoms with Crippen LogP contribution in [0.3, 0.4) is 0 Å². The van der Waals surface area contributed by atoms with Gasteiger partial charge in [-0.15, -0.1) is 4.62 Å². The van der Waals surface area contributed by atoms with Gasteiger partial charge < -0.3 is 18.5 Å². The van der Waals surface area contributed by atoms with Gasteiger partial charge in [0.25, 0.3) is 0 Å². The monoisotopic (exact) mass is 819 g/mol. The van der Waals surface area contributed by atoms with Crippen molar-refractivity contribution in [1.29, 1.82) is 0 Å². The summed E-state index contributed by atoms with van der Waals surface area (Å²) in [6, 6.07) is 18.0. The van der Waals surface area contributed by atoms with Gasteiger partial charge in [0, 0.05) is 31.1 Å². The highest BCUT2D eigenvalue weighted by molar-refractivity contribution is 7.49. The fourth-order valence-electron chi connectivity index (χ4n) is 13.2. The van der Waals surface area contributed by atoms with E-state index in [4.69, 9.17) is 42.7 Å². The minimum absolute atomic E-state index is 0.0671. The molecule has 2 aromatic rings. The fourth-order valence-corrected chi connectivity index (χ4v) is 14.3. The van der Waals surface area contributed by atoms with Gasteiger partial charge in [-0.05, 0) is 125 Å². The number of hydroxylamine groups is 1. The third kappa shape index (κ3) is 6.39. The van der Waals surface area contributed by atoms with Gasteiger partial charge in [0.2, 0.25) is 0 Å². The Hall–Kier alpha value is -2.63. The molecule has 2 spiro atoms. The van der Waals surface area contributed by atoms with E-state index in [1.807, 2.05) is 36.4 Å². The molecule has 6 heterocycles. The summed E-state index contributed by atoms with van der Waals surface area (Å²) in [5.74, 6) is 3.68. The number of para-hydroxylation sites is 2. The third-order valence-corrected chi connectivity index (χ3v) is 17.5. The van der Waals surface area contributed by atoms with E-state index in [-0.39, 0.29) is 42.0 Å². The van der Waals surface area contributed by atoms with E-state index in [0.29, 0.717) is 47.3 Å². The van der Waals surface area contributed by atoms with Crippen molar-refractivity contribution in [3.63, 3.8) is 0 Å². The number of fused-ring (bicyclic) bond motifs is 4. The summed E-state index contributed by atoms with van der Waals surface area (Å²) in [6.07, 6.45) is 9.71. The minimum atomic E-state index is -4.34. The van der Waals surface area contributed by atoms with Crippen LogP contribution in [-0.4, -0.2) is 40.7 Å². The Labute approximate surface area is 343 Å². The van der Waals surface area contributed by atoms with Crippen molar-refractivity contribution in [2.24, 2.45) is 47.3 Å². The molecule has 12 heteroatoms. The lowest BCUT2D eigenvalue weighted by Gasteiger charge is -2.61. The Morgan fingerprint density at radius 2 is 1.22 bits per heavy atom. The van der Waals surface area contributed by atoms with Gasteiger partial charge in [-0.1, -0.05) is 64.1 Å². The van der Waals surface area contributed by atoms with Crippen molar-refractivity contribution in [1.82, 2.24) is 5.48 Å². The lowest BCUT2D eigenvalue weighted by atomic mass is 9.55. The molecule has 0 unspecified atom stereocenters. The first-order valence-electron chi connectivity index (χ1n) is 22.2. The maximum Gasteiger partial charge on any atom is 0.609 e. The average Bonchev–Trinajstić information content (AvgIpc) is 3.58. The van der Waals surface area contributed by atoms with E-state index < -0.39 is 30.2 Å². The van der Waals surface area contributed by atoms with Crippen LogP contribution in [0.25, 0.3) is 0 Å². The second kappa shape index (κ2) is 14.5. The second-order valence-corrected chi connectivity index (χ2v) is 21.3. The van der Waals surface area contributed by atoms with Gasteiger partial charge in [0.05, 0.1) is 17.9 Å². The van der Waals surface area contributed by atoms with Crippen LogP contribution in [0.15, 0.2) is 72.1 Å². The first kappa shape index (κ1) is 39.5. The smallest absolute Gasteiger partial charge is 0.489 e. The minimum Gasteiger partial charge on any atom is -0.489 e. The zero-order chi connectivity index (χ0) is 40.1. The van der Waals surface area contributed by atoms with E-state index in [0.717, 1.165) is 70.0 Å². The van der Waals surface area contributed by atoms with Gasteiger partial charge >= 0.3 is 7.82 Å². The quantitative estimate of drug-likeness (QED) is 0.148. The predicted octanol–water partition coefficient (Wildman–Crippen LogP) is 10.4. The number of allylic oxidation sites excluding steroid dienone is 1. The Morgan fingerprint density at radius 3 is 1.81 bits per heavy atom. The maximum atomic E-state index is 14.8. The number of ether oxygens (including phenoxy) is 2. The molecule has 6 aliphatic heterocycles. The molecule has 316 valence electrons. The van der Waals surface area contributed by atoms with Crippen molar-refractivity contribution in [3.8, 4) is 11.5 Å². The molecule has 0 radical (unpaired) electrons. The highest BCUT2D eigenvalue weighted by Crippen LogP contribution is 2.64. The van der Waals surface area contributed by atoms with E-state index in [2.05, 4.69) is 47.0 Å². The predicted molar refractivity (Wildman–Crippen MR) is 215 cm³/mol. The topological polar surface area (TPSA) is 112 Å². The second-order valence-electron chi connectivity index (χ2n) is 19.9. The molecule has 2 aromatic carbocycles. The maximum absolute atomic E-state index is 14.8. The molecule has 15 atom stereocenters. The molecule has 10 aliphatic rings. The molecule has 4 saturated carbocycles. The van der Waals surface area contributed by atoms with Gasteiger partial charge in [-0.3, -0.25) is 5.48 Å². The molecule has 11 nitrogen and oxygen atoms in total. The summed E-state index contributed by atoms with van der Waals surface area (Å²) in [5, 5.41) is 0. The lowest BCUT2D eigenvalue weighted by molar-refractivity contribution is -0.487. The first-order valence-corrected chi connectivity index (χ1v) is 23.6. The Morgan fingerprint density at radius 1 is 0.690 bits per heavy atom. The normalized spacial score (nSPS) is 46.1. The zero-order valence-corrected chi connectivity index (χ0v) is 35.8. The summed E-state index contributed by atoms with van der Waals surface area (Å²) in [6.45, 7) is 13.6. The number of hydrogen-bond donors (Lipinski definition) is 1. The van der Waals surface area contributed by atoms with Crippen LogP contribution in [0.2, 0.25) is 0 Å². The van der Waals surface area contributed by atoms with Crippen LogP contribution >= 0.6 is 7.82 Å². The number of nitrogens with one attached hydrogen (secondary N) is 1.